The maximum atomic E-state index is 12.4. The zero-order valence-corrected chi connectivity index (χ0v) is 13.9. The highest BCUT2D eigenvalue weighted by Crippen LogP contribution is 2.31. The number of nitrogens with zero attached hydrogens (tertiary/aromatic N) is 3. The van der Waals surface area contributed by atoms with Gasteiger partial charge in [0, 0.05) is 18.2 Å². The lowest BCUT2D eigenvalue weighted by molar-refractivity contribution is -0.384. The van der Waals surface area contributed by atoms with E-state index in [4.69, 9.17) is 11.6 Å². The van der Waals surface area contributed by atoms with E-state index in [0.29, 0.717) is 17.3 Å². The summed E-state index contributed by atoms with van der Waals surface area (Å²) in [6, 6.07) is 5.80. The molecule has 1 heterocycles. The lowest BCUT2D eigenvalue weighted by Gasteiger charge is -2.32. The number of non-ortho nitro benzene ring substituents is 1. The van der Waals surface area contributed by atoms with Crippen LogP contribution in [0.5, 0.6) is 0 Å². The molecule has 7 nitrogen and oxygen atoms in total. The fourth-order valence-corrected chi connectivity index (χ4v) is 2.92. The zero-order valence-electron chi connectivity index (χ0n) is 13.1. The molecule has 1 aromatic carbocycles. The molecular formula is C16H17ClN4O3. The molecule has 3 rings (SSSR count). The fraction of sp³-hybridized carbons (Fsp3) is 0.375. The molecule has 0 saturated heterocycles. The molecule has 8 heteroatoms. The van der Waals surface area contributed by atoms with Gasteiger partial charge in [0.1, 0.15) is 5.02 Å². The van der Waals surface area contributed by atoms with Gasteiger partial charge in [0.25, 0.3) is 11.2 Å². The average molecular weight is 349 g/mol. The van der Waals surface area contributed by atoms with Gasteiger partial charge in [-0.25, -0.2) is 0 Å². The third kappa shape index (κ3) is 3.12. The highest BCUT2D eigenvalue weighted by Gasteiger charge is 2.24. The zero-order chi connectivity index (χ0) is 17.3. The topological polar surface area (TPSA) is 90.1 Å². The molecular weight excluding hydrogens is 332 g/mol. The lowest BCUT2D eigenvalue weighted by Crippen LogP contribution is -2.32. The monoisotopic (exact) mass is 348 g/mol. The van der Waals surface area contributed by atoms with E-state index in [0.717, 1.165) is 4.68 Å². The van der Waals surface area contributed by atoms with Gasteiger partial charge in [0.05, 0.1) is 22.5 Å². The second-order valence-electron chi connectivity index (χ2n) is 5.99. The Balaban J connectivity index is 1.86. The van der Waals surface area contributed by atoms with Gasteiger partial charge in [0.2, 0.25) is 0 Å². The van der Waals surface area contributed by atoms with Crippen LogP contribution in [0.25, 0.3) is 5.69 Å². The van der Waals surface area contributed by atoms with E-state index in [1.54, 1.807) is 0 Å². The SMILES string of the molecule is CC(Nc1cnn(-c2ccc([N+](=O)[O-])cc2)c(=O)c1Cl)C1CCC1. The summed E-state index contributed by atoms with van der Waals surface area (Å²) in [5.74, 6) is 0.596. The van der Waals surface area contributed by atoms with Crippen molar-refractivity contribution in [1.82, 2.24) is 9.78 Å². The van der Waals surface area contributed by atoms with Crippen LogP contribution < -0.4 is 10.9 Å². The second-order valence-corrected chi connectivity index (χ2v) is 6.36. The molecule has 0 bridgehead atoms. The Labute approximate surface area is 143 Å². The fourth-order valence-electron chi connectivity index (χ4n) is 2.74. The summed E-state index contributed by atoms with van der Waals surface area (Å²) in [6.45, 7) is 2.07. The van der Waals surface area contributed by atoms with Gasteiger partial charge in [-0.15, -0.1) is 0 Å². The molecule has 24 heavy (non-hydrogen) atoms. The number of benzene rings is 1. The quantitative estimate of drug-likeness (QED) is 0.660. The summed E-state index contributed by atoms with van der Waals surface area (Å²) in [5, 5.41) is 18.1. The van der Waals surface area contributed by atoms with Crippen molar-refractivity contribution >= 4 is 23.0 Å². The number of nitro groups is 1. The number of aromatic nitrogens is 2. The Kier molecular flexibility index (Phi) is 4.53. The minimum Gasteiger partial charge on any atom is -0.380 e. The van der Waals surface area contributed by atoms with Crippen LogP contribution in [0.4, 0.5) is 11.4 Å². The van der Waals surface area contributed by atoms with Crippen molar-refractivity contribution in [3.8, 4) is 5.69 Å². The van der Waals surface area contributed by atoms with E-state index in [1.165, 1.54) is 49.7 Å². The van der Waals surface area contributed by atoms with Crippen LogP contribution in [0.3, 0.4) is 0 Å². The highest BCUT2D eigenvalue weighted by molar-refractivity contribution is 6.32. The molecule has 1 aliphatic carbocycles. The van der Waals surface area contributed by atoms with E-state index >= 15 is 0 Å². The van der Waals surface area contributed by atoms with Gasteiger partial charge in [-0.3, -0.25) is 14.9 Å². The molecule has 1 aliphatic rings. The van der Waals surface area contributed by atoms with Gasteiger partial charge >= 0.3 is 0 Å². The molecule has 0 radical (unpaired) electrons. The summed E-state index contributed by atoms with van der Waals surface area (Å²) in [4.78, 5) is 22.6. The summed E-state index contributed by atoms with van der Waals surface area (Å²) in [6.07, 6.45) is 5.11. The molecule has 0 amide bonds. The first-order valence-corrected chi connectivity index (χ1v) is 8.14. The minimum atomic E-state index is -0.498. The normalized spacial score (nSPS) is 15.6. The summed E-state index contributed by atoms with van der Waals surface area (Å²) < 4.78 is 1.13. The Morgan fingerprint density at radius 1 is 1.38 bits per heavy atom. The maximum absolute atomic E-state index is 12.4. The average Bonchev–Trinajstić information content (AvgIpc) is 2.50. The number of hydrogen-bond donors (Lipinski definition) is 1. The van der Waals surface area contributed by atoms with Crippen LogP contribution in [-0.4, -0.2) is 20.7 Å². The maximum Gasteiger partial charge on any atom is 0.292 e. The molecule has 126 valence electrons. The van der Waals surface area contributed by atoms with Crippen molar-refractivity contribution in [2.24, 2.45) is 5.92 Å². The predicted molar refractivity (Wildman–Crippen MR) is 91.9 cm³/mol. The van der Waals surface area contributed by atoms with E-state index in [1.807, 2.05) is 0 Å². The van der Waals surface area contributed by atoms with Crippen LogP contribution in [0, 0.1) is 16.0 Å². The Morgan fingerprint density at radius 2 is 2.04 bits per heavy atom. The van der Waals surface area contributed by atoms with Gasteiger partial charge < -0.3 is 5.32 Å². The Bertz CT molecular complexity index is 815. The van der Waals surface area contributed by atoms with Crippen molar-refractivity contribution in [2.45, 2.75) is 32.2 Å². The van der Waals surface area contributed by atoms with Gasteiger partial charge in [0.15, 0.2) is 0 Å². The molecule has 1 unspecified atom stereocenters. The van der Waals surface area contributed by atoms with E-state index < -0.39 is 10.5 Å². The van der Waals surface area contributed by atoms with Gasteiger partial charge in [-0.2, -0.15) is 9.78 Å². The number of hydrogen-bond acceptors (Lipinski definition) is 5. The van der Waals surface area contributed by atoms with Crippen LogP contribution >= 0.6 is 11.6 Å². The summed E-state index contributed by atoms with van der Waals surface area (Å²) in [7, 11) is 0. The first-order valence-electron chi connectivity index (χ1n) is 7.76. The number of rotatable bonds is 5. The van der Waals surface area contributed by atoms with Crippen LogP contribution in [0.15, 0.2) is 35.3 Å². The van der Waals surface area contributed by atoms with Crippen molar-refractivity contribution in [3.63, 3.8) is 0 Å². The molecule has 2 aromatic rings. The van der Waals surface area contributed by atoms with E-state index in [9.17, 15) is 14.9 Å². The first-order chi connectivity index (χ1) is 11.5. The molecule has 1 aromatic heterocycles. The Morgan fingerprint density at radius 3 is 2.58 bits per heavy atom. The molecule has 0 spiro atoms. The van der Waals surface area contributed by atoms with Crippen molar-refractivity contribution < 1.29 is 4.92 Å². The largest absolute Gasteiger partial charge is 0.380 e. The van der Waals surface area contributed by atoms with Crippen molar-refractivity contribution in [3.05, 3.63) is 56.0 Å². The van der Waals surface area contributed by atoms with Crippen molar-refractivity contribution in [2.75, 3.05) is 5.32 Å². The first kappa shape index (κ1) is 16.4. The van der Waals surface area contributed by atoms with Crippen LogP contribution in [0.2, 0.25) is 5.02 Å². The molecule has 1 fully saturated rings. The third-order valence-corrected chi connectivity index (χ3v) is 4.83. The lowest BCUT2D eigenvalue weighted by atomic mass is 9.80. The Hall–Kier alpha value is -2.41. The van der Waals surface area contributed by atoms with Crippen molar-refractivity contribution in [1.29, 1.82) is 0 Å². The standard InChI is InChI=1S/C16H17ClN4O3/c1-10(11-3-2-4-11)19-14-9-18-20(16(22)15(14)17)12-5-7-13(8-6-12)21(23)24/h5-11,19H,2-4H2,1H3. The third-order valence-electron chi connectivity index (χ3n) is 4.46. The molecule has 1 atom stereocenters. The minimum absolute atomic E-state index is 0.0505. The van der Waals surface area contributed by atoms with E-state index in [2.05, 4.69) is 17.3 Å². The number of anilines is 1. The molecule has 1 N–H and O–H groups in total. The van der Waals surface area contributed by atoms with Gasteiger partial charge in [-0.1, -0.05) is 18.0 Å². The van der Waals surface area contributed by atoms with Crippen LogP contribution in [-0.2, 0) is 0 Å². The molecule has 1 saturated carbocycles. The van der Waals surface area contributed by atoms with E-state index in [-0.39, 0.29) is 16.8 Å². The number of nitrogens with one attached hydrogen (secondary N) is 1. The highest BCUT2D eigenvalue weighted by atomic mass is 35.5. The smallest absolute Gasteiger partial charge is 0.292 e. The summed E-state index contributed by atoms with van der Waals surface area (Å²) in [5.41, 5.74) is 0.423. The molecule has 0 aliphatic heterocycles. The van der Waals surface area contributed by atoms with Gasteiger partial charge in [-0.05, 0) is 37.8 Å². The summed E-state index contributed by atoms with van der Waals surface area (Å²) >= 11 is 6.20. The number of nitro benzene ring substituents is 1. The predicted octanol–water partition coefficient (Wildman–Crippen LogP) is 3.39. The number of halogens is 1. The van der Waals surface area contributed by atoms with Crippen LogP contribution in [0.1, 0.15) is 26.2 Å². The second kappa shape index (κ2) is 6.60.